The molecule has 1 unspecified atom stereocenters. The zero-order valence-electron chi connectivity index (χ0n) is 8.74. The van der Waals surface area contributed by atoms with Crippen molar-refractivity contribution in [2.24, 2.45) is 17.8 Å². The molecule has 0 radical (unpaired) electrons. The van der Waals surface area contributed by atoms with Crippen molar-refractivity contribution in [1.29, 1.82) is 0 Å². The van der Waals surface area contributed by atoms with Crippen LogP contribution in [0.5, 0.6) is 0 Å². The molecule has 2 heteroatoms. The molecule has 0 aromatic carbocycles. The lowest BCUT2D eigenvalue weighted by Gasteiger charge is -2.33. The fourth-order valence-corrected chi connectivity index (χ4v) is 2.65. The van der Waals surface area contributed by atoms with Crippen LogP contribution >= 0.6 is 0 Å². The van der Waals surface area contributed by atoms with Gasteiger partial charge in [-0.15, -0.1) is 0 Å². The Morgan fingerprint density at radius 3 is 1.92 bits per heavy atom. The third-order valence-electron chi connectivity index (χ3n) is 3.31. The Labute approximate surface area is 81.0 Å². The van der Waals surface area contributed by atoms with Crippen molar-refractivity contribution in [3.05, 3.63) is 0 Å². The Hall–Kier alpha value is -0.0800. The van der Waals surface area contributed by atoms with E-state index in [1.165, 1.54) is 32.1 Å². The average molecular weight is 186 g/mol. The van der Waals surface area contributed by atoms with Crippen LogP contribution in [0.25, 0.3) is 0 Å². The number of hydrogen-bond donors (Lipinski definition) is 2. The zero-order chi connectivity index (χ0) is 9.84. The van der Waals surface area contributed by atoms with E-state index in [0.717, 1.165) is 0 Å². The van der Waals surface area contributed by atoms with Gasteiger partial charge in [0.05, 0.1) is 0 Å². The molecule has 1 aliphatic carbocycles. The van der Waals surface area contributed by atoms with Crippen LogP contribution in [0.3, 0.4) is 0 Å². The second kappa shape index (κ2) is 4.97. The highest BCUT2D eigenvalue weighted by Gasteiger charge is 2.30. The second-order valence-electron chi connectivity index (χ2n) is 4.63. The van der Waals surface area contributed by atoms with Crippen LogP contribution in [-0.4, -0.2) is 16.5 Å². The summed E-state index contributed by atoms with van der Waals surface area (Å²) in [6.07, 6.45) is 5.09. The van der Waals surface area contributed by atoms with Gasteiger partial charge in [0, 0.05) is 5.92 Å². The quantitative estimate of drug-likeness (QED) is 0.663. The van der Waals surface area contributed by atoms with E-state index in [9.17, 15) is 10.2 Å². The molecule has 1 atom stereocenters. The molecule has 0 spiro atoms. The maximum Gasteiger partial charge on any atom is 0.154 e. The third kappa shape index (κ3) is 2.96. The van der Waals surface area contributed by atoms with Gasteiger partial charge in [0.15, 0.2) is 6.29 Å². The summed E-state index contributed by atoms with van der Waals surface area (Å²) in [6.45, 7) is 4.16. The van der Waals surface area contributed by atoms with E-state index >= 15 is 0 Å². The highest BCUT2D eigenvalue weighted by molar-refractivity contribution is 4.77. The van der Waals surface area contributed by atoms with Crippen molar-refractivity contribution < 1.29 is 10.2 Å². The maximum atomic E-state index is 9.29. The first-order chi connectivity index (χ1) is 6.13. The molecule has 0 aromatic rings. The predicted octanol–water partition coefficient (Wildman–Crippen LogP) is 2.15. The van der Waals surface area contributed by atoms with Gasteiger partial charge in [-0.1, -0.05) is 33.1 Å². The first-order valence-corrected chi connectivity index (χ1v) is 5.49. The molecule has 78 valence electrons. The molecule has 13 heavy (non-hydrogen) atoms. The van der Waals surface area contributed by atoms with E-state index in [2.05, 4.69) is 13.8 Å². The van der Waals surface area contributed by atoms with Crippen molar-refractivity contribution in [3.63, 3.8) is 0 Å². The lowest BCUT2D eigenvalue weighted by molar-refractivity contribution is -0.119. The largest absolute Gasteiger partial charge is 0.368 e. The molecule has 2 N–H and O–H groups in total. The second-order valence-corrected chi connectivity index (χ2v) is 4.63. The molecule has 0 aliphatic heterocycles. The molecule has 1 aliphatic rings. The first-order valence-electron chi connectivity index (χ1n) is 5.49. The van der Waals surface area contributed by atoms with Crippen LogP contribution in [0.4, 0.5) is 0 Å². The normalized spacial score (nSPS) is 22.6. The summed E-state index contributed by atoms with van der Waals surface area (Å²) < 4.78 is 0. The van der Waals surface area contributed by atoms with Crippen LogP contribution in [0.2, 0.25) is 0 Å². The average Bonchev–Trinajstić information content (AvgIpc) is 2.04. The standard InChI is InChI=1S/C11H22O2/c1-8(2)10(11(12)13)9-6-4-3-5-7-9/h8-13H,3-7H2,1-2H3. The Balaban J connectivity index is 2.52. The molecule has 0 saturated heterocycles. The van der Waals surface area contributed by atoms with Gasteiger partial charge in [-0.05, 0) is 24.7 Å². The van der Waals surface area contributed by atoms with Gasteiger partial charge in [-0.2, -0.15) is 0 Å². The van der Waals surface area contributed by atoms with E-state index in [1.54, 1.807) is 0 Å². The number of hydrogen-bond acceptors (Lipinski definition) is 2. The Morgan fingerprint density at radius 1 is 1.00 bits per heavy atom. The molecule has 0 amide bonds. The van der Waals surface area contributed by atoms with Crippen LogP contribution < -0.4 is 0 Å². The van der Waals surface area contributed by atoms with Crippen LogP contribution in [-0.2, 0) is 0 Å². The van der Waals surface area contributed by atoms with E-state index in [1.807, 2.05) is 0 Å². The highest BCUT2D eigenvalue weighted by Crippen LogP contribution is 2.35. The van der Waals surface area contributed by atoms with Crippen molar-refractivity contribution in [2.75, 3.05) is 0 Å². The SMILES string of the molecule is CC(C)C(C(O)O)C1CCCCC1. The molecule has 2 nitrogen and oxygen atoms in total. The van der Waals surface area contributed by atoms with Gasteiger partial charge in [-0.3, -0.25) is 0 Å². The van der Waals surface area contributed by atoms with E-state index in [4.69, 9.17) is 0 Å². The molecular formula is C11H22O2. The van der Waals surface area contributed by atoms with Crippen LogP contribution in [0.15, 0.2) is 0 Å². The third-order valence-corrected chi connectivity index (χ3v) is 3.31. The minimum Gasteiger partial charge on any atom is -0.368 e. The monoisotopic (exact) mass is 186 g/mol. The van der Waals surface area contributed by atoms with Crippen LogP contribution in [0.1, 0.15) is 46.0 Å². The molecular weight excluding hydrogens is 164 g/mol. The maximum absolute atomic E-state index is 9.29. The summed E-state index contributed by atoms with van der Waals surface area (Å²) >= 11 is 0. The Kier molecular flexibility index (Phi) is 4.20. The summed E-state index contributed by atoms with van der Waals surface area (Å²) in [5.74, 6) is 0.997. The molecule has 1 fully saturated rings. The molecule has 0 bridgehead atoms. The van der Waals surface area contributed by atoms with Crippen LogP contribution in [0, 0.1) is 17.8 Å². The molecule has 0 heterocycles. The van der Waals surface area contributed by atoms with E-state index in [0.29, 0.717) is 11.8 Å². The van der Waals surface area contributed by atoms with Gasteiger partial charge >= 0.3 is 0 Å². The van der Waals surface area contributed by atoms with Crippen molar-refractivity contribution in [2.45, 2.75) is 52.2 Å². The topological polar surface area (TPSA) is 40.5 Å². The van der Waals surface area contributed by atoms with Gasteiger partial charge in [0.1, 0.15) is 0 Å². The number of aliphatic hydroxyl groups is 2. The smallest absolute Gasteiger partial charge is 0.154 e. The zero-order valence-corrected chi connectivity index (χ0v) is 8.74. The Morgan fingerprint density at radius 2 is 1.54 bits per heavy atom. The van der Waals surface area contributed by atoms with E-state index < -0.39 is 6.29 Å². The van der Waals surface area contributed by atoms with Crippen molar-refractivity contribution in [3.8, 4) is 0 Å². The number of aliphatic hydroxyl groups excluding tert-OH is 1. The Bertz CT molecular complexity index is 129. The molecule has 1 rings (SSSR count). The van der Waals surface area contributed by atoms with Gasteiger partial charge in [-0.25, -0.2) is 0 Å². The summed E-state index contributed by atoms with van der Waals surface area (Å²) in [5, 5.41) is 18.6. The lowest BCUT2D eigenvalue weighted by Crippen LogP contribution is -2.33. The fraction of sp³-hybridized carbons (Fsp3) is 1.00. The van der Waals surface area contributed by atoms with Gasteiger partial charge < -0.3 is 10.2 Å². The predicted molar refractivity (Wildman–Crippen MR) is 53.1 cm³/mol. The summed E-state index contributed by atoms with van der Waals surface area (Å²) in [4.78, 5) is 0. The van der Waals surface area contributed by atoms with E-state index in [-0.39, 0.29) is 5.92 Å². The molecule has 0 aromatic heterocycles. The first kappa shape index (κ1) is 11.0. The number of rotatable bonds is 3. The lowest BCUT2D eigenvalue weighted by atomic mass is 9.75. The minimum absolute atomic E-state index is 0.0836. The molecule has 1 saturated carbocycles. The highest BCUT2D eigenvalue weighted by atomic mass is 16.5. The van der Waals surface area contributed by atoms with Gasteiger partial charge in [0.25, 0.3) is 0 Å². The fourth-order valence-electron chi connectivity index (χ4n) is 2.65. The minimum atomic E-state index is -1.12. The van der Waals surface area contributed by atoms with Gasteiger partial charge in [0.2, 0.25) is 0 Å². The summed E-state index contributed by atoms with van der Waals surface area (Å²) in [6, 6.07) is 0. The van der Waals surface area contributed by atoms with Crippen molar-refractivity contribution >= 4 is 0 Å². The van der Waals surface area contributed by atoms with Crippen molar-refractivity contribution in [1.82, 2.24) is 0 Å². The summed E-state index contributed by atoms with van der Waals surface area (Å²) in [7, 11) is 0. The summed E-state index contributed by atoms with van der Waals surface area (Å²) in [5.41, 5.74) is 0.